The molecule has 1 aliphatic heterocycles. The highest BCUT2D eigenvalue weighted by Crippen LogP contribution is 2.38. The van der Waals surface area contributed by atoms with E-state index in [-0.39, 0.29) is 28.7 Å². The van der Waals surface area contributed by atoms with Gasteiger partial charge in [-0.15, -0.1) is 0 Å². The van der Waals surface area contributed by atoms with Crippen molar-refractivity contribution in [2.24, 2.45) is 5.73 Å². The zero-order chi connectivity index (χ0) is 13.5. The number of sulfone groups is 1. The molecule has 1 saturated heterocycles. The Kier molecular flexibility index (Phi) is 4.14. The van der Waals surface area contributed by atoms with Gasteiger partial charge in [0.2, 0.25) is 0 Å². The van der Waals surface area contributed by atoms with Gasteiger partial charge >= 0.3 is 0 Å². The summed E-state index contributed by atoms with van der Waals surface area (Å²) in [7, 11) is -4.80. The Hall–Kier alpha value is 0.0869. The topological polar surface area (TPSA) is 69.4 Å². The zero-order valence-corrected chi connectivity index (χ0v) is 13.3. The summed E-state index contributed by atoms with van der Waals surface area (Å²) in [5, 5.41) is 0.128. The van der Waals surface area contributed by atoms with Crippen LogP contribution in [0.15, 0.2) is 0 Å². The molecular formula is C11H25NO3SSi. The van der Waals surface area contributed by atoms with Crippen LogP contribution >= 0.6 is 0 Å². The van der Waals surface area contributed by atoms with Crippen molar-refractivity contribution in [1.29, 1.82) is 0 Å². The van der Waals surface area contributed by atoms with E-state index in [2.05, 4.69) is 33.9 Å². The highest BCUT2D eigenvalue weighted by Gasteiger charge is 2.42. The van der Waals surface area contributed by atoms with Crippen molar-refractivity contribution in [2.75, 3.05) is 11.5 Å². The van der Waals surface area contributed by atoms with Crippen LogP contribution in [-0.4, -0.2) is 40.4 Å². The van der Waals surface area contributed by atoms with Gasteiger partial charge in [0.05, 0.1) is 17.6 Å². The lowest BCUT2D eigenvalue weighted by Crippen LogP contribution is -2.54. The van der Waals surface area contributed by atoms with Crippen molar-refractivity contribution >= 4 is 18.2 Å². The molecule has 0 aromatic rings. The Labute approximate surface area is 106 Å². The molecule has 17 heavy (non-hydrogen) atoms. The molecule has 2 atom stereocenters. The van der Waals surface area contributed by atoms with Crippen LogP contribution in [0.4, 0.5) is 0 Å². The second-order valence-electron chi connectivity index (χ2n) is 6.48. The average molecular weight is 279 g/mol. The molecule has 1 fully saturated rings. The lowest BCUT2D eigenvalue weighted by atomic mass is 10.1. The summed E-state index contributed by atoms with van der Waals surface area (Å²) < 4.78 is 29.1. The SMILES string of the molecule is CC(C)(C)[Si](C)(C)O[C@H]1CCS(=O)(=O)C[C@H]1N. The van der Waals surface area contributed by atoms with E-state index in [0.29, 0.717) is 6.42 Å². The van der Waals surface area contributed by atoms with E-state index < -0.39 is 18.2 Å². The molecule has 0 aliphatic carbocycles. The van der Waals surface area contributed by atoms with Gasteiger partial charge in [-0.1, -0.05) is 20.8 Å². The third-order valence-electron chi connectivity index (χ3n) is 3.89. The summed E-state index contributed by atoms with van der Waals surface area (Å²) >= 11 is 0. The summed E-state index contributed by atoms with van der Waals surface area (Å²) in [6.07, 6.45) is 0.440. The minimum atomic E-state index is -2.95. The first-order valence-corrected chi connectivity index (χ1v) is 10.8. The van der Waals surface area contributed by atoms with Crippen LogP contribution in [0.5, 0.6) is 0 Å². The predicted octanol–water partition coefficient (Wildman–Crippen LogP) is 1.52. The van der Waals surface area contributed by atoms with Gasteiger partial charge < -0.3 is 10.2 Å². The molecule has 1 heterocycles. The molecule has 0 unspecified atom stereocenters. The van der Waals surface area contributed by atoms with E-state index in [9.17, 15) is 8.42 Å². The van der Waals surface area contributed by atoms with Gasteiger partial charge in [0, 0.05) is 6.04 Å². The summed E-state index contributed by atoms with van der Waals surface area (Å²) in [5.41, 5.74) is 5.92. The number of nitrogens with two attached hydrogens (primary N) is 1. The van der Waals surface area contributed by atoms with Crippen molar-refractivity contribution in [2.45, 2.75) is 57.5 Å². The van der Waals surface area contributed by atoms with E-state index >= 15 is 0 Å². The molecule has 6 heteroatoms. The van der Waals surface area contributed by atoms with Crippen molar-refractivity contribution in [3.8, 4) is 0 Å². The molecule has 0 radical (unpaired) electrons. The van der Waals surface area contributed by atoms with Crippen LogP contribution < -0.4 is 5.73 Å². The van der Waals surface area contributed by atoms with Crippen LogP contribution in [0.2, 0.25) is 18.1 Å². The molecule has 0 saturated carbocycles. The van der Waals surface area contributed by atoms with Crippen LogP contribution in [0.25, 0.3) is 0 Å². The fourth-order valence-corrected chi connectivity index (χ4v) is 4.66. The quantitative estimate of drug-likeness (QED) is 0.778. The predicted molar refractivity (Wildman–Crippen MR) is 73.3 cm³/mol. The Bertz CT molecular complexity index is 373. The van der Waals surface area contributed by atoms with Gasteiger partial charge in [-0.05, 0) is 24.6 Å². The molecule has 0 spiro atoms. The molecule has 1 aliphatic rings. The molecule has 102 valence electrons. The summed E-state index contributed by atoms with van der Waals surface area (Å²) in [6.45, 7) is 10.9. The molecule has 1 rings (SSSR count). The summed E-state index contributed by atoms with van der Waals surface area (Å²) in [6, 6.07) is -0.372. The van der Waals surface area contributed by atoms with Gasteiger partial charge in [0.25, 0.3) is 0 Å². The van der Waals surface area contributed by atoms with Crippen LogP contribution in [0, 0.1) is 0 Å². The summed E-state index contributed by atoms with van der Waals surface area (Å²) in [5.74, 6) is 0.270. The standard InChI is InChI=1S/C11H25NO3SSi/c1-11(2,3)17(4,5)15-10-6-7-16(13,14)8-9(10)12/h9-10H,6-8,12H2,1-5H3/t9-,10+/m1/s1. The van der Waals surface area contributed by atoms with E-state index in [4.69, 9.17) is 10.2 Å². The van der Waals surface area contributed by atoms with E-state index in [0.717, 1.165) is 0 Å². The third-order valence-corrected chi connectivity index (χ3v) is 10.1. The fourth-order valence-electron chi connectivity index (χ4n) is 1.70. The molecule has 0 amide bonds. The molecule has 0 aromatic heterocycles. The largest absolute Gasteiger partial charge is 0.412 e. The first-order valence-electron chi connectivity index (χ1n) is 6.08. The van der Waals surface area contributed by atoms with Crippen LogP contribution in [0.1, 0.15) is 27.2 Å². The summed E-state index contributed by atoms with van der Waals surface area (Å²) in [4.78, 5) is 0. The van der Waals surface area contributed by atoms with Gasteiger partial charge in [-0.25, -0.2) is 8.42 Å². The van der Waals surface area contributed by atoms with E-state index in [1.165, 1.54) is 0 Å². The van der Waals surface area contributed by atoms with Crippen molar-refractivity contribution in [1.82, 2.24) is 0 Å². The Morgan fingerprint density at radius 3 is 2.24 bits per heavy atom. The maximum Gasteiger partial charge on any atom is 0.192 e. The minimum absolute atomic E-state index is 0.0618. The molecule has 2 N–H and O–H groups in total. The fraction of sp³-hybridized carbons (Fsp3) is 1.00. The highest BCUT2D eigenvalue weighted by atomic mass is 32.2. The first kappa shape index (κ1) is 15.1. The Balaban J connectivity index is 2.72. The highest BCUT2D eigenvalue weighted by molar-refractivity contribution is 7.91. The maximum atomic E-state index is 11.4. The number of rotatable bonds is 2. The smallest absolute Gasteiger partial charge is 0.192 e. The molecule has 0 aromatic carbocycles. The molecular weight excluding hydrogens is 254 g/mol. The number of hydrogen-bond acceptors (Lipinski definition) is 4. The minimum Gasteiger partial charge on any atom is -0.412 e. The van der Waals surface area contributed by atoms with E-state index in [1.54, 1.807) is 0 Å². The Morgan fingerprint density at radius 1 is 1.29 bits per heavy atom. The lowest BCUT2D eigenvalue weighted by molar-refractivity contribution is 0.151. The first-order chi connectivity index (χ1) is 7.45. The Morgan fingerprint density at radius 2 is 1.82 bits per heavy atom. The van der Waals surface area contributed by atoms with Crippen molar-refractivity contribution in [3.05, 3.63) is 0 Å². The third kappa shape index (κ3) is 3.77. The monoisotopic (exact) mass is 279 g/mol. The number of hydrogen-bond donors (Lipinski definition) is 1. The molecule has 4 nitrogen and oxygen atoms in total. The van der Waals surface area contributed by atoms with Crippen LogP contribution in [0.3, 0.4) is 0 Å². The lowest BCUT2D eigenvalue weighted by Gasteiger charge is -2.42. The van der Waals surface area contributed by atoms with Gasteiger partial charge in [-0.3, -0.25) is 0 Å². The zero-order valence-electron chi connectivity index (χ0n) is 11.5. The van der Waals surface area contributed by atoms with Crippen molar-refractivity contribution < 1.29 is 12.8 Å². The second-order valence-corrected chi connectivity index (χ2v) is 13.5. The second kappa shape index (κ2) is 4.64. The van der Waals surface area contributed by atoms with Gasteiger partial charge in [0.1, 0.15) is 0 Å². The maximum absolute atomic E-state index is 11.4. The van der Waals surface area contributed by atoms with Gasteiger partial charge in [-0.2, -0.15) is 0 Å². The average Bonchev–Trinajstić information content (AvgIpc) is 2.07. The van der Waals surface area contributed by atoms with Crippen LogP contribution in [-0.2, 0) is 14.3 Å². The van der Waals surface area contributed by atoms with Gasteiger partial charge in [0.15, 0.2) is 18.2 Å². The normalized spacial score (nSPS) is 30.2. The van der Waals surface area contributed by atoms with Crippen molar-refractivity contribution in [3.63, 3.8) is 0 Å². The van der Waals surface area contributed by atoms with E-state index in [1.807, 2.05) is 0 Å². The molecule has 0 bridgehead atoms.